The highest BCUT2D eigenvalue weighted by Crippen LogP contribution is 2.18. The third-order valence-corrected chi connectivity index (χ3v) is 4.61. The van der Waals surface area contributed by atoms with E-state index in [1.165, 1.54) is 17.6 Å². The summed E-state index contributed by atoms with van der Waals surface area (Å²) in [5, 5.41) is 7.98. The molecule has 3 aromatic rings. The maximum Gasteiger partial charge on any atom is 0.293 e. The molecular weight excluding hydrogens is 350 g/mol. The van der Waals surface area contributed by atoms with E-state index in [0.29, 0.717) is 18.0 Å². The lowest BCUT2D eigenvalue weighted by atomic mass is 10.1. The molecule has 2 N–H and O–H groups in total. The number of carbonyl (C=O) groups is 2. The van der Waals surface area contributed by atoms with Crippen LogP contribution < -0.4 is 10.6 Å². The van der Waals surface area contributed by atoms with Gasteiger partial charge in [-0.1, -0.05) is 30.3 Å². The molecule has 1 aromatic carbocycles. The second kappa shape index (κ2) is 8.44. The molecule has 0 bridgehead atoms. The van der Waals surface area contributed by atoms with Gasteiger partial charge in [0.1, 0.15) is 0 Å². The van der Waals surface area contributed by atoms with Gasteiger partial charge in [0, 0.05) is 11.8 Å². The highest BCUT2D eigenvalue weighted by Gasteiger charge is 2.13. The summed E-state index contributed by atoms with van der Waals surface area (Å²) >= 11 is 1.32. The molecule has 0 aliphatic rings. The van der Waals surface area contributed by atoms with E-state index >= 15 is 0 Å². The van der Waals surface area contributed by atoms with Crippen LogP contribution in [0.15, 0.2) is 58.5 Å². The molecule has 6 nitrogen and oxygen atoms in total. The zero-order chi connectivity index (χ0) is 18.4. The van der Waals surface area contributed by atoms with Crippen LogP contribution in [-0.4, -0.2) is 16.8 Å². The summed E-state index contributed by atoms with van der Waals surface area (Å²) in [6.07, 6.45) is 2.30. The average Bonchev–Trinajstić information content (AvgIpc) is 3.33. The van der Waals surface area contributed by atoms with Gasteiger partial charge in [0.05, 0.1) is 18.0 Å². The van der Waals surface area contributed by atoms with Gasteiger partial charge in [0.15, 0.2) is 10.9 Å². The van der Waals surface area contributed by atoms with Crippen molar-refractivity contribution in [2.45, 2.75) is 25.8 Å². The standard InChI is InChI=1S/C19H19N3O3S/c1-13(14-6-3-2-4-7-14)20-17(23)10-9-15-12-26-19(21-15)22-18(24)16-8-5-11-25-16/h2-8,11-13H,9-10H2,1H3,(H,20,23)(H,21,22,24). The van der Waals surface area contributed by atoms with Gasteiger partial charge >= 0.3 is 0 Å². The van der Waals surface area contributed by atoms with Crippen molar-refractivity contribution in [2.75, 3.05) is 5.32 Å². The van der Waals surface area contributed by atoms with E-state index in [9.17, 15) is 9.59 Å². The van der Waals surface area contributed by atoms with Crippen LogP contribution in [0.1, 0.15) is 41.2 Å². The molecule has 2 heterocycles. The molecule has 0 fully saturated rings. The van der Waals surface area contributed by atoms with Gasteiger partial charge < -0.3 is 9.73 Å². The fourth-order valence-electron chi connectivity index (χ4n) is 2.43. The van der Waals surface area contributed by atoms with Crippen molar-refractivity contribution in [2.24, 2.45) is 0 Å². The Hall–Kier alpha value is -2.93. The first kappa shape index (κ1) is 17.9. The van der Waals surface area contributed by atoms with Crippen molar-refractivity contribution in [1.29, 1.82) is 0 Å². The van der Waals surface area contributed by atoms with Crippen LogP contribution in [0.2, 0.25) is 0 Å². The normalized spacial score (nSPS) is 11.7. The lowest BCUT2D eigenvalue weighted by Gasteiger charge is -2.13. The predicted octanol–water partition coefficient (Wildman–Crippen LogP) is 3.80. The summed E-state index contributed by atoms with van der Waals surface area (Å²) in [7, 11) is 0. The van der Waals surface area contributed by atoms with Gasteiger partial charge in [-0.15, -0.1) is 11.3 Å². The molecule has 0 aliphatic heterocycles. The number of thiazole rings is 1. The largest absolute Gasteiger partial charge is 0.459 e. The number of furan rings is 1. The van der Waals surface area contributed by atoms with Crippen LogP contribution in [0, 0.1) is 0 Å². The summed E-state index contributed by atoms with van der Waals surface area (Å²) in [6, 6.07) is 13.0. The maximum atomic E-state index is 12.1. The number of hydrogen-bond acceptors (Lipinski definition) is 5. The first-order chi connectivity index (χ1) is 12.6. The van der Waals surface area contributed by atoms with Gasteiger partial charge in [-0.3, -0.25) is 14.9 Å². The molecule has 1 unspecified atom stereocenters. The number of hydrogen-bond donors (Lipinski definition) is 2. The topological polar surface area (TPSA) is 84.2 Å². The Morgan fingerprint density at radius 2 is 2.00 bits per heavy atom. The lowest BCUT2D eigenvalue weighted by molar-refractivity contribution is -0.121. The predicted molar refractivity (Wildman–Crippen MR) is 100 cm³/mol. The SMILES string of the molecule is CC(NC(=O)CCc1csc(NC(=O)c2ccco2)n1)c1ccccc1. The number of nitrogens with zero attached hydrogens (tertiary/aromatic N) is 1. The minimum atomic E-state index is -0.342. The number of amides is 2. The zero-order valence-corrected chi connectivity index (χ0v) is 15.1. The van der Waals surface area contributed by atoms with Crippen molar-refractivity contribution in [3.63, 3.8) is 0 Å². The molecule has 0 radical (unpaired) electrons. The monoisotopic (exact) mass is 369 g/mol. The van der Waals surface area contributed by atoms with Crippen LogP contribution in [0.3, 0.4) is 0 Å². The fraction of sp³-hybridized carbons (Fsp3) is 0.211. The Labute approximate surface area is 155 Å². The number of benzene rings is 1. The second-order valence-electron chi connectivity index (χ2n) is 5.78. The summed E-state index contributed by atoms with van der Waals surface area (Å²) < 4.78 is 5.04. The van der Waals surface area contributed by atoms with Crippen LogP contribution in [0.4, 0.5) is 5.13 Å². The first-order valence-electron chi connectivity index (χ1n) is 8.25. The molecule has 2 amide bonds. The van der Waals surface area contributed by atoms with Gasteiger partial charge in [-0.25, -0.2) is 4.98 Å². The highest BCUT2D eigenvalue weighted by atomic mass is 32.1. The lowest BCUT2D eigenvalue weighted by Crippen LogP contribution is -2.26. The van der Waals surface area contributed by atoms with Crippen molar-refractivity contribution in [1.82, 2.24) is 10.3 Å². The van der Waals surface area contributed by atoms with E-state index in [4.69, 9.17) is 4.42 Å². The van der Waals surface area contributed by atoms with Crippen LogP contribution >= 0.6 is 11.3 Å². The third-order valence-electron chi connectivity index (χ3n) is 3.80. The molecule has 0 spiro atoms. The van der Waals surface area contributed by atoms with E-state index < -0.39 is 0 Å². The minimum absolute atomic E-state index is 0.0319. The van der Waals surface area contributed by atoms with Gasteiger partial charge in [-0.05, 0) is 31.0 Å². The Balaban J connectivity index is 1.47. The summed E-state index contributed by atoms with van der Waals surface area (Å²) in [5.41, 5.74) is 1.84. The highest BCUT2D eigenvalue weighted by molar-refractivity contribution is 7.13. The number of carbonyl (C=O) groups excluding carboxylic acids is 2. The Morgan fingerprint density at radius 1 is 1.19 bits per heavy atom. The van der Waals surface area contributed by atoms with Crippen molar-refractivity contribution < 1.29 is 14.0 Å². The van der Waals surface area contributed by atoms with Crippen molar-refractivity contribution in [3.05, 3.63) is 71.1 Å². The van der Waals surface area contributed by atoms with Crippen LogP contribution in [0.5, 0.6) is 0 Å². The Kier molecular flexibility index (Phi) is 5.80. The van der Waals surface area contributed by atoms with E-state index in [-0.39, 0.29) is 23.6 Å². The number of rotatable bonds is 7. The maximum absolute atomic E-state index is 12.1. The van der Waals surface area contributed by atoms with Crippen LogP contribution in [0.25, 0.3) is 0 Å². The summed E-state index contributed by atoms with van der Waals surface area (Å²) in [4.78, 5) is 28.4. The van der Waals surface area contributed by atoms with Gasteiger partial charge in [0.25, 0.3) is 5.91 Å². The average molecular weight is 369 g/mol. The Bertz CT molecular complexity index is 859. The number of aryl methyl sites for hydroxylation is 1. The molecular formula is C19H19N3O3S. The molecule has 0 saturated heterocycles. The quantitative estimate of drug-likeness (QED) is 0.663. The molecule has 3 rings (SSSR count). The smallest absolute Gasteiger partial charge is 0.293 e. The van der Waals surface area contributed by atoms with Crippen molar-refractivity contribution >= 4 is 28.3 Å². The number of aromatic nitrogens is 1. The van der Waals surface area contributed by atoms with Crippen molar-refractivity contribution in [3.8, 4) is 0 Å². The summed E-state index contributed by atoms with van der Waals surface area (Å²) in [6.45, 7) is 1.96. The van der Waals surface area contributed by atoms with Crippen LogP contribution in [-0.2, 0) is 11.2 Å². The minimum Gasteiger partial charge on any atom is -0.459 e. The first-order valence-corrected chi connectivity index (χ1v) is 9.13. The molecule has 0 saturated carbocycles. The molecule has 2 aromatic heterocycles. The van der Waals surface area contributed by atoms with E-state index in [2.05, 4.69) is 15.6 Å². The Morgan fingerprint density at radius 3 is 2.73 bits per heavy atom. The molecule has 134 valence electrons. The second-order valence-corrected chi connectivity index (χ2v) is 6.63. The summed E-state index contributed by atoms with van der Waals surface area (Å²) in [5.74, 6) is -0.142. The molecule has 26 heavy (non-hydrogen) atoms. The number of nitrogens with one attached hydrogen (secondary N) is 2. The molecule has 1 atom stereocenters. The van der Waals surface area contributed by atoms with E-state index in [1.807, 2.05) is 42.6 Å². The van der Waals surface area contributed by atoms with Gasteiger partial charge in [0.2, 0.25) is 5.91 Å². The van der Waals surface area contributed by atoms with E-state index in [0.717, 1.165) is 11.3 Å². The third kappa shape index (κ3) is 4.80. The zero-order valence-electron chi connectivity index (χ0n) is 14.3. The fourth-order valence-corrected chi connectivity index (χ4v) is 3.17. The van der Waals surface area contributed by atoms with E-state index in [1.54, 1.807) is 12.1 Å². The molecule has 7 heteroatoms. The molecule has 0 aliphatic carbocycles. The number of anilines is 1. The van der Waals surface area contributed by atoms with Gasteiger partial charge in [-0.2, -0.15) is 0 Å².